The first-order valence-corrected chi connectivity index (χ1v) is 3.27. The van der Waals surface area contributed by atoms with E-state index in [9.17, 15) is 9.90 Å². The first kappa shape index (κ1) is 11.6. The van der Waals surface area contributed by atoms with Gasteiger partial charge in [-0.3, -0.25) is 4.98 Å². The van der Waals surface area contributed by atoms with Crippen molar-refractivity contribution in [3.8, 4) is 0 Å². The van der Waals surface area contributed by atoms with Gasteiger partial charge in [0.1, 0.15) is 0 Å². The minimum absolute atomic E-state index is 0. The third-order valence-electron chi connectivity index (χ3n) is 1.44. The topological polar surface area (TPSA) is 53.0 Å². The van der Waals surface area contributed by atoms with Crippen molar-refractivity contribution in [2.24, 2.45) is 0 Å². The molecule has 4 heteroatoms. The molecule has 0 N–H and O–H groups in total. The number of hydrogen-bond donors (Lipinski definition) is 0. The van der Waals surface area contributed by atoms with Gasteiger partial charge >= 0.3 is 29.6 Å². The van der Waals surface area contributed by atoms with Gasteiger partial charge in [0, 0.05) is 17.0 Å². The molecule has 0 aliphatic carbocycles. The fraction of sp³-hybridized carbons (Fsp3) is 0.250. The number of carbonyl (C=O) groups is 1. The van der Waals surface area contributed by atoms with Crippen molar-refractivity contribution < 1.29 is 39.5 Å². The van der Waals surface area contributed by atoms with Gasteiger partial charge in [-0.1, -0.05) is 0 Å². The number of carboxylic acid groups (broad SMARTS) is 1. The molecular formula is C8H8NNaO2. The molecule has 1 aromatic heterocycles. The van der Waals surface area contributed by atoms with Crippen LogP contribution >= 0.6 is 0 Å². The normalized spacial score (nSPS) is 8.83. The summed E-state index contributed by atoms with van der Waals surface area (Å²) in [4.78, 5) is 14.4. The van der Waals surface area contributed by atoms with Gasteiger partial charge in [0.05, 0.1) is 5.97 Å². The number of nitrogens with zero attached hydrogens (tertiary/aromatic N) is 1. The molecule has 12 heavy (non-hydrogen) atoms. The van der Waals surface area contributed by atoms with E-state index < -0.39 is 5.97 Å². The van der Waals surface area contributed by atoms with E-state index in [-0.39, 0.29) is 35.1 Å². The molecule has 0 spiro atoms. The van der Waals surface area contributed by atoms with Crippen molar-refractivity contribution in [1.29, 1.82) is 0 Å². The zero-order chi connectivity index (χ0) is 8.43. The largest absolute Gasteiger partial charge is 1.00 e. The third kappa shape index (κ3) is 2.59. The molecule has 1 heterocycles. The van der Waals surface area contributed by atoms with E-state index in [2.05, 4.69) is 4.98 Å². The summed E-state index contributed by atoms with van der Waals surface area (Å²) in [6, 6.07) is 3.16. The molecular weight excluding hydrogens is 165 g/mol. The van der Waals surface area contributed by atoms with E-state index in [0.717, 1.165) is 5.69 Å². The first-order valence-electron chi connectivity index (χ1n) is 3.27. The molecule has 0 aromatic carbocycles. The van der Waals surface area contributed by atoms with Crippen LogP contribution in [0, 0.1) is 13.8 Å². The Kier molecular flexibility index (Phi) is 4.45. The monoisotopic (exact) mass is 173 g/mol. The van der Waals surface area contributed by atoms with Crippen LogP contribution in [0.5, 0.6) is 0 Å². The molecule has 0 aliphatic rings. The standard InChI is InChI=1S/C8H9NO2.Na/c1-5-3-4-7(8(10)11)6(2)9-5;/h3-4H,1-2H3,(H,10,11);/q;+1/p-1. The Hall–Kier alpha value is -0.380. The molecule has 0 amide bonds. The Balaban J connectivity index is 0.00000121. The van der Waals surface area contributed by atoms with Gasteiger partial charge < -0.3 is 9.90 Å². The summed E-state index contributed by atoms with van der Waals surface area (Å²) in [5.74, 6) is -1.17. The first-order chi connectivity index (χ1) is 5.11. The van der Waals surface area contributed by atoms with Crippen LogP contribution in [0.2, 0.25) is 0 Å². The smallest absolute Gasteiger partial charge is 0.545 e. The van der Waals surface area contributed by atoms with Crippen LogP contribution in [0.25, 0.3) is 0 Å². The molecule has 0 saturated heterocycles. The minimum atomic E-state index is -1.17. The molecule has 0 aliphatic heterocycles. The average molecular weight is 173 g/mol. The third-order valence-corrected chi connectivity index (χ3v) is 1.44. The second-order valence-corrected chi connectivity index (χ2v) is 2.37. The van der Waals surface area contributed by atoms with Gasteiger partial charge in [0.2, 0.25) is 0 Å². The van der Waals surface area contributed by atoms with E-state index in [1.54, 1.807) is 13.0 Å². The summed E-state index contributed by atoms with van der Waals surface area (Å²) >= 11 is 0. The molecule has 58 valence electrons. The molecule has 0 saturated carbocycles. The number of aryl methyl sites for hydroxylation is 2. The quantitative estimate of drug-likeness (QED) is 0.427. The Morgan fingerprint density at radius 1 is 1.42 bits per heavy atom. The van der Waals surface area contributed by atoms with Gasteiger partial charge in [-0.2, -0.15) is 0 Å². The summed E-state index contributed by atoms with van der Waals surface area (Å²) < 4.78 is 0. The average Bonchev–Trinajstić information content (AvgIpc) is 1.85. The fourth-order valence-electron chi connectivity index (χ4n) is 0.902. The SMILES string of the molecule is Cc1ccc(C(=O)[O-])c(C)n1.[Na+]. The van der Waals surface area contributed by atoms with Crippen molar-refractivity contribution in [2.75, 3.05) is 0 Å². The summed E-state index contributed by atoms with van der Waals surface area (Å²) in [6.45, 7) is 3.46. The fourth-order valence-corrected chi connectivity index (χ4v) is 0.902. The van der Waals surface area contributed by atoms with E-state index >= 15 is 0 Å². The van der Waals surface area contributed by atoms with E-state index in [4.69, 9.17) is 0 Å². The zero-order valence-electron chi connectivity index (χ0n) is 7.42. The summed E-state index contributed by atoms with van der Waals surface area (Å²) in [7, 11) is 0. The van der Waals surface area contributed by atoms with Crippen molar-refractivity contribution >= 4 is 5.97 Å². The van der Waals surface area contributed by atoms with Crippen LogP contribution < -0.4 is 34.7 Å². The number of carboxylic acids is 1. The van der Waals surface area contributed by atoms with Crippen molar-refractivity contribution in [3.63, 3.8) is 0 Å². The van der Waals surface area contributed by atoms with Gasteiger partial charge in [0.25, 0.3) is 0 Å². The maximum Gasteiger partial charge on any atom is 1.00 e. The van der Waals surface area contributed by atoms with Crippen LogP contribution in [0.1, 0.15) is 21.7 Å². The number of carbonyl (C=O) groups excluding carboxylic acids is 1. The molecule has 0 fully saturated rings. The molecule has 0 bridgehead atoms. The van der Waals surface area contributed by atoms with E-state index in [1.165, 1.54) is 6.07 Å². The number of aromatic carboxylic acids is 1. The number of hydrogen-bond acceptors (Lipinski definition) is 3. The van der Waals surface area contributed by atoms with Gasteiger partial charge in [0.15, 0.2) is 0 Å². The van der Waals surface area contributed by atoms with Gasteiger partial charge in [-0.25, -0.2) is 0 Å². The Morgan fingerprint density at radius 3 is 2.42 bits per heavy atom. The Labute approximate surface area is 93.1 Å². The predicted octanol–water partition coefficient (Wildman–Crippen LogP) is -2.93. The second kappa shape index (κ2) is 4.60. The molecule has 1 aromatic rings. The molecule has 0 atom stereocenters. The van der Waals surface area contributed by atoms with Crippen molar-refractivity contribution in [3.05, 3.63) is 29.1 Å². The van der Waals surface area contributed by atoms with Crippen LogP contribution in [0.3, 0.4) is 0 Å². The number of rotatable bonds is 1. The predicted molar refractivity (Wildman–Crippen MR) is 38.0 cm³/mol. The summed E-state index contributed by atoms with van der Waals surface area (Å²) in [5, 5.41) is 10.4. The number of aromatic nitrogens is 1. The zero-order valence-corrected chi connectivity index (χ0v) is 9.42. The van der Waals surface area contributed by atoms with E-state index in [0.29, 0.717) is 5.69 Å². The maximum absolute atomic E-state index is 10.4. The van der Waals surface area contributed by atoms with Gasteiger partial charge in [-0.05, 0) is 26.0 Å². The summed E-state index contributed by atoms with van der Waals surface area (Å²) in [5.41, 5.74) is 1.48. The molecule has 1 rings (SSSR count). The second-order valence-electron chi connectivity index (χ2n) is 2.37. The van der Waals surface area contributed by atoms with Crippen molar-refractivity contribution in [1.82, 2.24) is 4.98 Å². The molecule has 0 unspecified atom stereocenters. The maximum atomic E-state index is 10.4. The van der Waals surface area contributed by atoms with Crippen molar-refractivity contribution in [2.45, 2.75) is 13.8 Å². The van der Waals surface area contributed by atoms with Crippen LogP contribution in [-0.2, 0) is 0 Å². The molecule has 0 radical (unpaired) electrons. The minimum Gasteiger partial charge on any atom is -0.545 e. The van der Waals surface area contributed by atoms with Crippen LogP contribution in [0.15, 0.2) is 12.1 Å². The Bertz CT molecular complexity index is 299. The van der Waals surface area contributed by atoms with Crippen LogP contribution in [0.4, 0.5) is 0 Å². The van der Waals surface area contributed by atoms with Crippen LogP contribution in [-0.4, -0.2) is 11.0 Å². The van der Waals surface area contributed by atoms with E-state index in [1.807, 2.05) is 6.92 Å². The Morgan fingerprint density at radius 2 is 2.00 bits per heavy atom. The molecule has 3 nitrogen and oxygen atoms in total. The summed E-state index contributed by atoms with van der Waals surface area (Å²) in [6.07, 6.45) is 0. The van der Waals surface area contributed by atoms with Gasteiger partial charge in [-0.15, -0.1) is 0 Å². The number of pyridine rings is 1.